The molecule has 0 amide bonds. The highest BCUT2D eigenvalue weighted by atomic mass is 31.0. The average Bonchev–Trinajstić information content (AvgIpc) is 1.89. The lowest BCUT2D eigenvalue weighted by Crippen LogP contribution is -1.89. The van der Waals surface area contributed by atoms with Gasteiger partial charge in [0, 0.05) is 9.52 Å². The zero-order valence-corrected chi connectivity index (χ0v) is 9.21. The Morgan fingerprint density at radius 1 is 0.889 bits per heavy atom. The van der Waals surface area contributed by atoms with E-state index in [1.807, 2.05) is 0 Å². The van der Waals surface area contributed by atoms with Gasteiger partial charge in [0.25, 0.3) is 0 Å². The van der Waals surface area contributed by atoms with Gasteiger partial charge in [-0.2, -0.15) is 0 Å². The zero-order chi connectivity index (χ0) is 6.95. The average molecular weight is 178 g/mol. The minimum atomic E-state index is 1.22. The van der Waals surface area contributed by atoms with Gasteiger partial charge in [-0.05, 0) is 12.3 Å². The fourth-order valence-corrected chi connectivity index (χ4v) is 2.96. The molecule has 0 fully saturated rings. The molecule has 9 heavy (non-hydrogen) atoms. The maximum absolute atomic E-state index is 2.78. The lowest BCUT2D eigenvalue weighted by molar-refractivity contribution is 1.04. The molecule has 0 N–H and O–H groups in total. The summed E-state index contributed by atoms with van der Waals surface area (Å²) in [6.45, 7) is 0. The zero-order valence-electron chi connectivity index (χ0n) is 5.90. The van der Waals surface area contributed by atoms with Crippen LogP contribution in [-0.2, 0) is 0 Å². The second kappa shape index (κ2) is 9.08. The summed E-state index contributed by atoms with van der Waals surface area (Å²) in [5.74, 6) is 0. The van der Waals surface area contributed by atoms with Crippen molar-refractivity contribution in [2.75, 3.05) is 12.3 Å². The highest BCUT2D eigenvalue weighted by Gasteiger charge is 1.87. The first-order valence-electron chi connectivity index (χ1n) is 3.52. The molecule has 0 spiro atoms. The third-order valence-electron chi connectivity index (χ3n) is 1.12. The van der Waals surface area contributed by atoms with Gasteiger partial charge in [0.05, 0.1) is 0 Å². The largest absolute Gasteiger partial charge is 0.138 e. The van der Waals surface area contributed by atoms with Gasteiger partial charge >= 0.3 is 0 Å². The van der Waals surface area contributed by atoms with Gasteiger partial charge in [-0.1, -0.05) is 24.9 Å². The Balaban J connectivity index is 2.60. The lowest BCUT2D eigenvalue weighted by atomic mass is 10.6. The van der Waals surface area contributed by atoms with E-state index in [0.717, 1.165) is 0 Å². The number of rotatable bonds is 6. The van der Waals surface area contributed by atoms with E-state index in [-0.39, 0.29) is 0 Å². The van der Waals surface area contributed by atoms with E-state index in [2.05, 4.69) is 18.5 Å². The van der Waals surface area contributed by atoms with E-state index in [0.29, 0.717) is 0 Å². The molecule has 0 heterocycles. The maximum Gasteiger partial charge on any atom is 0.0378 e. The van der Waals surface area contributed by atoms with Crippen molar-refractivity contribution in [2.24, 2.45) is 0 Å². The molecule has 54 valence electrons. The Bertz CT molecular complexity index is 44.3. The van der Waals surface area contributed by atoms with Crippen LogP contribution in [0.15, 0.2) is 0 Å². The van der Waals surface area contributed by atoms with Crippen molar-refractivity contribution < 1.29 is 0 Å². The summed E-state index contributed by atoms with van der Waals surface area (Å²) < 4.78 is 0. The van der Waals surface area contributed by atoms with E-state index in [9.17, 15) is 0 Å². The first-order valence-corrected chi connectivity index (χ1v) is 6.57. The standard InChI is InChI=1S/C6H16P2Si/c7-3-1-5-9-6-2-4-8/h1-8H2. The Kier molecular flexibility index (Phi) is 10.2. The minimum absolute atomic E-state index is 1.22. The molecular weight excluding hydrogens is 162 g/mol. The van der Waals surface area contributed by atoms with Crippen LogP contribution in [0.25, 0.3) is 0 Å². The van der Waals surface area contributed by atoms with E-state index in [1.54, 1.807) is 0 Å². The van der Waals surface area contributed by atoms with Crippen LogP contribution < -0.4 is 0 Å². The topological polar surface area (TPSA) is 0 Å². The molecule has 0 aliphatic rings. The normalized spacial score (nSPS) is 10.0. The molecule has 2 unspecified atom stereocenters. The molecule has 0 rings (SSSR count). The van der Waals surface area contributed by atoms with E-state index in [4.69, 9.17) is 0 Å². The summed E-state index contributed by atoms with van der Waals surface area (Å²) in [7, 11) is 6.77. The van der Waals surface area contributed by atoms with Crippen LogP contribution in [0.2, 0.25) is 12.1 Å². The summed E-state index contributed by atoms with van der Waals surface area (Å²) in [6.07, 6.45) is 5.38. The van der Waals surface area contributed by atoms with Crippen molar-refractivity contribution >= 4 is 28.0 Å². The lowest BCUT2D eigenvalue weighted by Gasteiger charge is -1.94. The number of hydrogen-bond acceptors (Lipinski definition) is 0. The van der Waals surface area contributed by atoms with Gasteiger partial charge in [0.1, 0.15) is 0 Å². The minimum Gasteiger partial charge on any atom is -0.138 e. The molecule has 0 nitrogen and oxygen atoms in total. The third kappa shape index (κ3) is 9.08. The van der Waals surface area contributed by atoms with Gasteiger partial charge in [-0.25, -0.2) is 0 Å². The molecule has 3 heteroatoms. The van der Waals surface area contributed by atoms with Crippen LogP contribution >= 0.6 is 18.5 Å². The highest BCUT2D eigenvalue weighted by molar-refractivity contribution is 7.16. The first kappa shape index (κ1) is 10.1. The fraction of sp³-hybridized carbons (Fsp3) is 1.00. The Morgan fingerprint density at radius 3 is 1.67 bits per heavy atom. The summed E-state index contributed by atoms with van der Waals surface area (Å²) in [4.78, 5) is 0. The predicted octanol–water partition coefficient (Wildman–Crippen LogP) is 2.06. The van der Waals surface area contributed by atoms with E-state index in [1.165, 1.54) is 46.8 Å². The van der Waals surface area contributed by atoms with Crippen LogP contribution in [0.3, 0.4) is 0 Å². The first-order chi connectivity index (χ1) is 4.41. The third-order valence-corrected chi connectivity index (χ3v) is 3.35. The Hall–Kier alpha value is 1.08. The second-order valence-corrected chi connectivity index (χ2v) is 4.69. The van der Waals surface area contributed by atoms with E-state index >= 15 is 0 Å². The second-order valence-electron chi connectivity index (χ2n) is 2.03. The SMILES string of the molecule is PCCC[Si]CCCP. The summed E-state index contributed by atoms with van der Waals surface area (Å²) in [5.41, 5.74) is 0. The molecule has 0 bridgehead atoms. The van der Waals surface area contributed by atoms with Crippen LogP contribution in [0.5, 0.6) is 0 Å². The van der Waals surface area contributed by atoms with Gasteiger partial charge in [0.2, 0.25) is 0 Å². The molecule has 0 aromatic heterocycles. The molecule has 0 aromatic carbocycles. The van der Waals surface area contributed by atoms with Crippen molar-refractivity contribution in [1.82, 2.24) is 0 Å². The van der Waals surface area contributed by atoms with Gasteiger partial charge in [0.15, 0.2) is 0 Å². The van der Waals surface area contributed by atoms with Gasteiger partial charge in [-0.15, -0.1) is 18.5 Å². The van der Waals surface area contributed by atoms with Gasteiger partial charge < -0.3 is 0 Å². The molecule has 0 saturated carbocycles. The van der Waals surface area contributed by atoms with Crippen LogP contribution in [0, 0.1) is 0 Å². The van der Waals surface area contributed by atoms with E-state index < -0.39 is 0 Å². The van der Waals surface area contributed by atoms with Crippen LogP contribution in [-0.4, -0.2) is 21.8 Å². The smallest absolute Gasteiger partial charge is 0.0378 e. The van der Waals surface area contributed by atoms with Crippen LogP contribution in [0.4, 0.5) is 0 Å². The molecule has 2 atom stereocenters. The summed E-state index contributed by atoms with van der Waals surface area (Å²) in [5, 5.41) is 0. The molecule has 2 radical (unpaired) electrons. The monoisotopic (exact) mass is 178 g/mol. The molecule has 0 saturated heterocycles. The highest BCUT2D eigenvalue weighted by Crippen LogP contribution is 1.99. The molecular formula is C6H16P2Si. The van der Waals surface area contributed by atoms with Crippen molar-refractivity contribution in [3.8, 4) is 0 Å². The fourth-order valence-electron chi connectivity index (χ4n) is 0.579. The van der Waals surface area contributed by atoms with Crippen LogP contribution in [0.1, 0.15) is 12.8 Å². The molecule has 0 aliphatic carbocycles. The Morgan fingerprint density at radius 2 is 1.33 bits per heavy atom. The van der Waals surface area contributed by atoms with Crippen molar-refractivity contribution in [2.45, 2.75) is 24.9 Å². The molecule has 0 aromatic rings. The van der Waals surface area contributed by atoms with Crippen molar-refractivity contribution in [3.63, 3.8) is 0 Å². The predicted molar refractivity (Wildman–Crippen MR) is 53.8 cm³/mol. The van der Waals surface area contributed by atoms with Crippen molar-refractivity contribution in [3.05, 3.63) is 0 Å². The Labute approximate surface area is 65.8 Å². The summed E-state index contributed by atoms with van der Waals surface area (Å²) in [6, 6.07) is 2.91. The van der Waals surface area contributed by atoms with Crippen molar-refractivity contribution in [1.29, 1.82) is 0 Å². The quantitative estimate of drug-likeness (QED) is 0.332. The van der Waals surface area contributed by atoms with Gasteiger partial charge in [-0.3, -0.25) is 0 Å². The number of hydrogen-bond donors (Lipinski definition) is 0. The summed E-state index contributed by atoms with van der Waals surface area (Å²) >= 11 is 0. The molecule has 0 aliphatic heterocycles. The maximum atomic E-state index is 2.78.